The van der Waals surface area contributed by atoms with Crippen LogP contribution in [0.5, 0.6) is 0 Å². The number of hydrogen-bond acceptors (Lipinski definition) is 2. The van der Waals surface area contributed by atoms with Crippen LogP contribution in [-0.2, 0) is 9.53 Å². The molecule has 0 aliphatic heterocycles. The second kappa shape index (κ2) is 12.0. The molecule has 0 amide bonds. The van der Waals surface area contributed by atoms with Crippen molar-refractivity contribution in [1.29, 1.82) is 0 Å². The Morgan fingerprint density at radius 3 is 2.05 bits per heavy atom. The van der Waals surface area contributed by atoms with Crippen molar-refractivity contribution in [3.63, 3.8) is 0 Å². The summed E-state index contributed by atoms with van der Waals surface area (Å²) in [5, 5.41) is 0. The van der Waals surface area contributed by atoms with Crippen LogP contribution in [0, 0.1) is 5.92 Å². The zero-order chi connectivity index (χ0) is 16.1. The number of likely N-dealkylation sites (N-methyl/N-ethyl adjacent to an activating group) is 1. The second-order valence-electron chi connectivity index (χ2n) is 7.22. The van der Waals surface area contributed by atoms with E-state index >= 15 is 0 Å². The maximum Gasteiger partial charge on any atom is 0.309 e. The smallest absolute Gasteiger partial charge is 0.309 e. The number of carbonyl (C=O) groups is 1. The van der Waals surface area contributed by atoms with Crippen LogP contribution in [0.25, 0.3) is 0 Å². The van der Waals surface area contributed by atoms with Crippen LogP contribution in [0.4, 0.5) is 0 Å². The van der Waals surface area contributed by atoms with Gasteiger partial charge in [0.2, 0.25) is 0 Å². The minimum absolute atomic E-state index is 0.0346. The van der Waals surface area contributed by atoms with Gasteiger partial charge in [0.05, 0.1) is 27.1 Å². The molecule has 21 heavy (non-hydrogen) atoms. The van der Waals surface area contributed by atoms with Gasteiger partial charge in [-0.05, 0) is 12.8 Å². The molecule has 0 heterocycles. The van der Waals surface area contributed by atoms with E-state index in [0.717, 1.165) is 36.7 Å². The first-order valence-electron chi connectivity index (χ1n) is 8.87. The lowest BCUT2D eigenvalue weighted by Gasteiger charge is -2.24. The molecule has 0 saturated carbocycles. The number of ether oxygens (including phenoxy) is 1. The van der Waals surface area contributed by atoms with Gasteiger partial charge in [-0.15, -0.1) is 0 Å². The highest BCUT2D eigenvalue weighted by Gasteiger charge is 2.20. The zero-order valence-electron chi connectivity index (χ0n) is 15.1. The third-order valence-corrected chi connectivity index (χ3v) is 3.90. The van der Waals surface area contributed by atoms with Gasteiger partial charge in [-0.3, -0.25) is 4.79 Å². The number of esters is 1. The lowest BCUT2D eigenvalue weighted by molar-refractivity contribution is -0.870. The Labute approximate surface area is 132 Å². The quantitative estimate of drug-likeness (QED) is 0.286. The van der Waals surface area contributed by atoms with E-state index in [0.29, 0.717) is 6.61 Å². The predicted octanol–water partition coefficient (Wildman–Crippen LogP) is 4.40. The van der Waals surface area contributed by atoms with Crippen LogP contribution in [-0.4, -0.2) is 44.7 Å². The summed E-state index contributed by atoms with van der Waals surface area (Å²) in [6.07, 6.45) is 10.6. The maximum atomic E-state index is 12.2. The van der Waals surface area contributed by atoms with Crippen molar-refractivity contribution in [3.05, 3.63) is 0 Å². The van der Waals surface area contributed by atoms with E-state index in [1.54, 1.807) is 0 Å². The van der Waals surface area contributed by atoms with Crippen LogP contribution < -0.4 is 0 Å². The average Bonchev–Trinajstić information content (AvgIpc) is 2.40. The van der Waals surface area contributed by atoms with Crippen LogP contribution in [0.3, 0.4) is 0 Å². The molecule has 1 unspecified atom stereocenters. The summed E-state index contributed by atoms with van der Waals surface area (Å²) in [6, 6.07) is 0. The Balaban J connectivity index is 4.04. The van der Waals surface area contributed by atoms with Gasteiger partial charge in [0.15, 0.2) is 0 Å². The van der Waals surface area contributed by atoms with Crippen LogP contribution >= 0.6 is 0 Å². The summed E-state index contributed by atoms with van der Waals surface area (Å²) in [6.45, 7) is 5.83. The largest absolute Gasteiger partial charge is 0.459 e. The predicted molar refractivity (Wildman–Crippen MR) is 90.2 cm³/mol. The van der Waals surface area contributed by atoms with Gasteiger partial charge < -0.3 is 9.22 Å². The SMILES string of the molecule is CCCCCCCC(CCCC)C(=O)OCC[N+](C)(C)C. The van der Waals surface area contributed by atoms with Gasteiger partial charge in [-0.25, -0.2) is 0 Å². The molecule has 0 aromatic heterocycles. The highest BCUT2D eigenvalue weighted by molar-refractivity contribution is 5.72. The van der Waals surface area contributed by atoms with E-state index in [1.165, 1.54) is 32.1 Å². The summed E-state index contributed by atoms with van der Waals surface area (Å²) >= 11 is 0. The number of nitrogens with zero attached hydrogens (tertiary/aromatic N) is 1. The highest BCUT2D eigenvalue weighted by Crippen LogP contribution is 2.19. The summed E-state index contributed by atoms with van der Waals surface area (Å²) in [4.78, 5) is 12.2. The van der Waals surface area contributed by atoms with E-state index in [1.807, 2.05) is 0 Å². The third kappa shape index (κ3) is 12.9. The molecule has 1 atom stereocenters. The zero-order valence-corrected chi connectivity index (χ0v) is 15.1. The molecular formula is C18H38NO2+. The standard InChI is InChI=1S/C18H38NO2/c1-6-8-10-11-12-14-17(13-9-7-2)18(20)21-16-15-19(3,4)5/h17H,6-16H2,1-5H3/q+1. The minimum Gasteiger partial charge on any atom is -0.459 e. The number of carbonyl (C=O) groups excluding carboxylic acids is 1. The molecule has 0 N–H and O–H groups in total. The van der Waals surface area contributed by atoms with Crippen molar-refractivity contribution in [2.75, 3.05) is 34.3 Å². The Morgan fingerprint density at radius 2 is 1.48 bits per heavy atom. The molecule has 3 heteroatoms. The molecular weight excluding hydrogens is 262 g/mol. The van der Waals surface area contributed by atoms with Gasteiger partial charge >= 0.3 is 5.97 Å². The molecule has 0 aliphatic rings. The number of quaternary nitrogens is 1. The first-order chi connectivity index (χ1) is 9.90. The van der Waals surface area contributed by atoms with E-state index in [2.05, 4.69) is 35.0 Å². The number of unbranched alkanes of at least 4 members (excludes halogenated alkanes) is 5. The molecule has 0 spiro atoms. The van der Waals surface area contributed by atoms with E-state index in [9.17, 15) is 4.79 Å². The second-order valence-corrected chi connectivity index (χ2v) is 7.22. The fraction of sp³-hybridized carbons (Fsp3) is 0.944. The Bertz CT molecular complexity index is 258. The van der Waals surface area contributed by atoms with Crippen molar-refractivity contribution < 1.29 is 14.0 Å². The van der Waals surface area contributed by atoms with Crippen LogP contribution in [0.15, 0.2) is 0 Å². The van der Waals surface area contributed by atoms with E-state index < -0.39 is 0 Å². The molecule has 0 aromatic rings. The molecule has 0 aromatic carbocycles. The molecule has 0 bridgehead atoms. The molecule has 0 fully saturated rings. The van der Waals surface area contributed by atoms with E-state index in [-0.39, 0.29) is 11.9 Å². The maximum absolute atomic E-state index is 12.2. The first-order valence-corrected chi connectivity index (χ1v) is 8.87. The monoisotopic (exact) mass is 300 g/mol. The number of hydrogen-bond donors (Lipinski definition) is 0. The van der Waals surface area contributed by atoms with Crippen LogP contribution in [0.1, 0.15) is 71.6 Å². The lowest BCUT2D eigenvalue weighted by atomic mass is 9.95. The van der Waals surface area contributed by atoms with Crippen LogP contribution in [0.2, 0.25) is 0 Å². The molecule has 0 rings (SSSR count). The fourth-order valence-electron chi connectivity index (χ4n) is 2.36. The summed E-state index contributed by atoms with van der Waals surface area (Å²) < 4.78 is 6.34. The average molecular weight is 301 g/mol. The lowest BCUT2D eigenvalue weighted by Crippen LogP contribution is -2.38. The molecule has 126 valence electrons. The number of rotatable bonds is 13. The fourth-order valence-corrected chi connectivity index (χ4v) is 2.36. The molecule has 3 nitrogen and oxygen atoms in total. The highest BCUT2D eigenvalue weighted by atomic mass is 16.5. The van der Waals surface area contributed by atoms with Gasteiger partial charge in [-0.1, -0.05) is 58.8 Å². The minimum atomic E-state index is 0.0346. The van der Waals surface area contributed by atoms with Gasteiger partial charge in [0, 0.05) is 0 Å². The van der Waals surface area contributed by atoms with Crippen molar-refractivity contribution in [2.24, 2.45) is 5.92 Å². The van der Waals surface area contributed by atoms with Crippen molar-refractivity contribution >= 4 is 5.97 Å². The third-order valence-electron chi connectivity index (χ3n) is 3.90. The van der Waals surface area contributed by atoms with Crippen molar-refractivity contribution in [2.45, 2.75) is 71.6 Å². The summed E-state index contributed by atoms with van der Waals surface area (Å²) in [5.74, 6) is 0.159. The summed E-state index contributed by atoms with van der Waals surface area (Å²) in [7, 11) is 6.36. The topological polar surface area (TPSA) is 26.3 Å². The Kier molecular flexibility index (Phi) is 11.7. The van der Waals surface area contributed by atoms with Gasteiger partial charge in [0.25, 0.3) is 0 Å². The normalized spacial score (nSPS) is 13.2. The Hall–Kier alpha value is -0.570. The van der Waals surface area contributed by atoms with Crippen molar-refractivity contribution in [3.8, 4) is 0 Å². The summed E-state index contributed by atoms with van der Waals surface area (Å²) in [5.41, 5.74) is 0. The van der Waals surface area contributed by atoms with Crippen molar-refractivity contribution in [1.82, 2.24) is 0 Å². The Morgan fingerprint density at radius 1 is 0.905 bits per heavy atom. The van der Waals surface area contributed by atoms with Gasteiger partial charge in [0.1, 0.15) is 13.2 Å². The first kappa shape index (κ1) is 20.4. The van der Waals surface area contributed by atoms with Gasteiger partial charge in [-0.2, -0.15) is 0 Å². The molecule has 0 saturated heterocycles. The van der Waals surface area contributed by atoms with E-state index in [4.69, 9.17) is 4.74 Å². The molecule has 0 aliphatic carbocycles. The molecule has 0 radical (unpaired) electrons.